The van der Waals surface area contributed by atoms with Gasteiger partial charge in [0.2, 0.25) is 0 Å². The number of hydrogen-bond donors (Lipinski definition) is 0. The van der Waals surface area contributed by atoms with Gasteiger partial charge in [-0.25, -0.2) is 0 Å². The molecule has 0 atom stereocenters. The molecule has 0 fully saturated rings. The van der Waals surface area contributed by atoms with E-state index in [-0.39, 0.29) is 0 Å². The van der Waals surface area contributed by atoms with Crippen molar-refractivity contribution in [3.63, 3.8) is 0 Å². The first-order valence-corrected chi connectivity index (χ1v) is 25.6. The predicted octanol–water partition coefficient (Wildman–Crippen LogP) is 19.1. The van der Waals surface area contributed by atoms with Crippen LogP contribution in [0.1, 0.15) is 32.1 Å². The first kappa shape index (κ1) is 45.0. The third-order valence-electron chi connectivity index (χ3n) is 14.1. The number of fused-ring (bicyclic) bond motifs is 2. The largest absolute Gasteiger partial charge is 0.314 e. The van der Waals surface area contributed by atoms with Crippen molar-refractivity contribution in [2.75, 3.05) is 19.6 Å². The van der Waals surface area contributed by atoms with Gasteiger partial charge in [-0.2, -0.15) is 0 Å². The quantitative estimate of drug-likeness (QED) is 0.114. The summed E-state index contributed by atoms with van der Waals surface area (Å²) in [6, 6.07) is 79.2. The summed E-state index contributed by atoms with van der Waals surface area (Å²) in [4.78, 5) is 9.61. The third kappa shape index (κ3) is 9.35. The highest BCUT2D eigenvalue weighted by atomic mass is 15.2. The van der Waals surface area contributed by atoms with E-state index in [1.165, 1.54) is 38.6 Å². The van der Waals surface area contributed by atoms with Crippen LogP contribution in [0.5, 0.6) is 0 Å². The Morgan fingerprint density at radius 3 is 1.37 bits per heavy atom. The van der Waals surface area contributed by atoms with E-state index in [9.17, 15) is 0 Å². The molecule has 0 amide bonds. The molecule has 0 aromatic heterocycles. The van der Waals surface area contributed by atoms with E-state index in [1.54, 1.807) is 0 Å². The molecule has 352 valence electrons. The Labute approximate surface area is 429 Å². The third-order valence-corrected chi connectivity index (χ3v) is 14.1. The molecule has 0 bridgehead atoms. The zero-order valence-electron chi connectivity index (χ0n) is 40.9. The van der Waals surface area contributed by atoms with Gasteiger partial charge >= 0.3 is 0 Å². The average molecular weight is 941 g/mol. The van der Waals surface area contributed by atoms with E-state index in [0.29, 0.717) is 0 Å². The molecule has 0 unspecified atom stereocenters. The molecular formula is C69H56N4. The lowest BCUT2D eigenvalue weighted by atomic mass is 10.0. The number of allylic oxidation sites excluding steroid dienone is 11. The van der Waals surface area contributed by atoms with E-state index >= 15 is 0 Å². The molecule has 4 heteroatoms. The first-order valence-electron chi connectivity index (χ1n) is 25.6. The molecule has 3 aliphatic rings. The lowest BCUT2D eigenvalue weighted by Gasteiger charge is -2.30. The van der Waals surface area contributed by atoms with E-state index in [0.717, 1.165) is 94.4 Å². The molecule has 3 aliphatic carbocycles. The number of hydrogen-bond acceptors (Lipinski definition) is 4. The van der Waals surface area contributed by atoms with Crippen LogP contribution in [0.4, 0.5) is 45.5 Å². The highest BCUT2D eigenvalue weighted by Gasteiger charge is 2.22. The molecule has 4 nitrogen and oxygen atoms in total. The molecular weight excluding hydrogens is 885 g/mol. The zero-order valence-corrected chi connectivity index (χ0v) is 40.9. The van der Waals surface area contributed by atoms with Crippen molar-refractivity contribution >= 4 is 67.0 Å². The summed E-state index contributed by atoms with van der Waals surface area (Å²) in [5.74, 6) is 0. The van der Waals surface area contributed by atoms with Gasteiger partial charge in [-0.3, -0.25) is 0 Å². The van der Waals surface area contributed by atoms with Gasteiger partial charge in [0.05, 0.1) is 11.4 Å². The van der Waals surface area contributed by atoms with Gasteiger partial charge in [0.1, 0.15) is 0 Å². The normalized spacial score (nSPS) is 14.2. The Kier molecular flexibility index (Phi) is 12.8. The van der Waals surface area contributed by atoms with Crippen LogP contribution < -0.4 is 19.6 Å². The number of anilines is 8. The van der Waals surface area contributed by atoms with E-state index in [1.807, 2.05) is 0 Å². The summed E-state index contributed by atoms with van der Waals surface area (Å²) in [5, 5.41) is 4.84. The van der Waals surface area contributed by atoms with Crippen molar-refractivity contribution in [3.05, 3.63) is 302 Å². The second-order valence-corrected chi connectivity index (χ2v) is 18.7. The van der Waals surface area contributed by atoms with Gasteiger partial charge in [-0.15, -0.1) is 0 Å². The van der Waals surface area contributed by atoms with Crippen molar-refractivity contribution in [3.8, 4) is 11.1 Å². The molecule has 9 aromatic rings. The second kappa shape index (κ2) is 20.7. The van der Waals surface area contributed by atoms with Gasteiger partial charge in [-0.05, 0) is 163 Å². The van der Waals surface area contributed by atoms with Crippen molar-refractivity contribution in [2.45, 2.75) is 32.1 Å². The monoisotopic (exact) mass is 940 g/mol. The first-order chi connectivity index (χ1) is 36.2. The smallest absolute Gasteiger partial charge is 0.0540 e. The van der Waals surface area contributed by atoms with E-state index < -0.39 is 0 Å². The molecule has 0 saturated heterocycles. The highest BCUT2D eigenvalue weighted by Crippen LogP contribution is 2.43. The molecule has 0 spiro atoms. The van der Waals surface area contributed by atoms with Crippen LogP contribution >= 0.6 is 0 Å². The molecule has 0 saturated carbocycles. The van der Waals surface area contributed by atoms with Crippen molar-refractivity contribution in [2.24, 2.45) is 0 Å². The maximum absolute atomic E-state index is 2.45. The molecule has 0 radical (unpaired) electrons. The zero-order chi connectivity index (χ0) is 48.8. The summed E-state index contributed by atoms with van der Waals surface area (Å²) in [6.45, 7) is 0. The number of rotatable bonds is 13. The Morgan fingerprint density at radius 1 is 0.301 bits per heavy atom. The maximum atomic E-state index is 2.45. The molecule has 0 heterocycles. The van der Waals surface area contributed by atoms with Gasteiger partial charge in [0.25, 0.3) is 0 Å². The molecule has 9 aromatic carbocycles. The van der Waals surface area contributed by atoms with Gasteiger partial charge in [0.15, 0.2) is 0 Å². The molecule has 73 heavy (non-hydrogen) atoms. The summed E-state index contributed by atoms with van der Waals surface area (Å²) >= 11 is 0. The number of benzene rings is 9. The minimum Gasteiger partial charge on any atom is -0.314 e. The number of nitrogens with zero attached hydrogens (tertiary/aromatic N) is 4. The average Bonchev–Trinajstić information content (AvgIpc) is 3.71. The summed E-state index contributed by atoms with van der Waals surface area (Å²) in [5.41, 5.74) is 16.2. The minimum atomic E-state index is 0.769. The Hall–Kier alpha value is -9.12. The van der Waals surface area contributed by atoms with Gasteiger partial charge in [-0.1, -0.05) is 164 Å². The number of para-hydroxylation sites is 2. The van der Waals surface area contributed by atoms with Crippen molar-refractivity contribution in [1.82, 2.24) is 0 Å². The van der Waals surface area contributed by atoms with Crippen molar-refractivity contribution in [1.29, 1.82) is 0 Å². The molecule has 12 rings (SSSR count). The van der Waals surface area contributed by atoms with E-state index in [4.69, 9.17) is 0 Å². The predicted molar refractivity (Wildman–Crippen MR) is 310 cm³/mol. The standard InChI is InChI=1S/C69H56N4/c1-5-24-56(25-6-1)70(57-26-7-2-8-27-57)60-32-19-33-61(47-46-60)72(68-36-17-22-54-20-13-15-34-66(54)68)63-42-38-52(39-43-63)53-40-44-64(45-41-53)73(69-37-18-23-55-21-14-16-35-67(55)69)65-50-48-62(49-51-65)71(58-28-9-3-10-29-58)59-30-11-4-12-31-59/h1-3,5-7,9-11,13-26,28-32,34-51H,4,8,12,27,33H2. The summed E-state index contributed by atoms with van der Waals surface area (Å²) in [6.07, 6.45) is 27.7. The lowest BCUT2D eigenvalue weighted by molar-refractivity contribution is 0.901. The fourth-order valence-electron chi connectivity index (χ4n) is 10.6. The van der Waals surface area contributed by atoms with Crippen LogP contribution in [0.25, 0.3) is 32.7 Å². The van der Waals surface area contributed by atoms with Gasteiger partial charge in [0, 0.05) is 74.1 Å². The summed E-state index contributed by atoms with van der Waals surface area (Å²) < 4.78 is 0. The van der Waals surface area contributed by atoms with Crippen LogP contribution in [0.3, 0.4) is 0 Å². The highest BCUT2D eigenvalue weighted by molar-refractivity contribution is 6.00. The SMILES string of the molecule is C1=CCCC(N(C2=CC=C(N(c3ccc(-c4ccc(N(c5ccc(N(C6=CCCC=C6)c6ccccc6)cc5)c5cccc6ccccc56)cc4)cc3)c3cccc4ccccc34)CC=C2)c2ccccc2)=C1. The lowest BCUT2D eigenvalue weighted by Crippen LogP contribution is -2.21. The minimum absolute atomic E-state index is 0.769. The molecule has 0 aliphatic heterocycles. The van der Waals surface area contributed by atoms with Crippen LogP contribution in [-0.2, 0) is 0 Å². The fraction of sp³-hybridized carbons (Fsp3) is 0.0725. The van der Waals surface area contributed by atoms with Crippen LogP contribution in [0.15, 0.2) is 302 Å². The Morgan fingerprint density at radius 2 is 0.795 bits per heavy atom. The maximum Gasteiger partial charge on any atom is 0.0540 e. The van der Waals surface area contributed by atoms with Crippen molar-refractivity contribution < 1.29 is 0 Å². The van der Waals surface area contributed by atoms with E-state index in [2.05, 4.69) is 299 Å². The molecule has 0 N–H and O–H groups in total. The second-order valence-electron chi connectivity index (χ2n) is 18.7. The topological polar surface area (TPSA) is 13.0 Å². The fourth-order valence-corrected chi connectivity index (χ4v) is 10.6. The van der Waals surface area contributed by atoms with Crippen LogP contribution in [0, 0.1) is 0 Å². The Bertz CT molecular complexity index is 3620. The van der Waals surface area contributed by atoms with Crippen LogP contribution in [0.2, 0.25) is 0 Å². The Balaban J connectivity index is 0.891. The van der Waals surface area contributed by atoms with Crippen LogP contribution in [-0.4, -0.2) is 0 Å². The summed E-state index contributed by atoms with van der Waals surface area (Å²) in [7, 11) is 0. The van der Waals surface area contributed by atoms with Gasteiger partial charge < -0.3 is 19.6 Å².